The highest BCUT2D eigenvalue weighted by molar-refractivity contribution is 5.93. The molecule has 145 heavy (non-hydrogen) atoms. The van der Waals surface area contributed by atoms with Gasteiger partial charge < -0.3 is 116 Å². The van der Waals surface area contributed by atoms with Crippen LogP contribution in [0.5, 0.6) is 0 Å². The summed E-state index contributed by atoms with van der Waals surface area (Å²) in [5.74, 6) is 10.2. The predicted octanol–water partition coefficient (Wildman–Crippen LogP) is 1.55. The van der Waals surface area contributed by atoms with Crippen LogP contribution in [0.25, 0.3) is 90.2 Å². The van der Waals surface area contributed by atoms with Crippen molar-refractivity contribution in [2.45, 2.75) is 120 Å². The van der Waals surface area contributed by atoms with Gasteiger partial charge in [-0.25, -0.2) is 99.7 Å². The lowest BCUT2D eigenvalue weighted by atomic mass is 10.1. The zero-order valence-corrected chi connectivity index (χ0v) is 83.6. The first-order valence-electron chi connectivity index (χ1n) is 50.0. The summed E-state index contributed by atoms with van der Waals surface area (Å²) in [4.78, 5) is 166. The molecule has 0 bridgehead atoms. The zero-order chi connectivity index (χ0) is 101. The van der Waals surface area contributed by atoms with E-state index in [0.717, 1.165) is 150 Å². The number of hydrogen-bond acceptors (Lipinski definition) is 43. The van der Waals surface area contributed by atoms with Crippen molar-refractivity contribution in [1.29, 1.82) is 0 Å². The highest BCUT2D eigenvalue weighted by Crippen LogP contribution is 2.41. The van der Waals surface area contributed by atoms with E-state index in [-0.39, 0.29) is 47.6 Å². The molecule has 772 valence electrons. The molecular formula is C94H130N40O11. The second kappa shape index (κ2) is 44.9. The van der Waals surface area contributed by atoms with Gasteiger partial charge in [-0.1, -0.05) is 41.5 Å². The van der Waals surface area contributed by atoms with Gasteiger partial charge in [0.2, 0.25) is 59.9 Å². The fourth-order valence-electron chi connectivity index (χ4n) is 18.9. The number of anilines is 12. The molecule has 0 radical (unpaired) electrons. The second-order valence-electron chi connectivity index (χ2n) is 38.7. The van der Waals surface area contributed by atoms with Crippen LogP contribution < -0.4 is 62.1 Å². The van der Waals surface area contributed by atoms with Crippen molar-refractivity contribution >= 4 is 140 Å². The molecule has 12 aromatic heterocycles. The monoisotopic (exact) mass is 2000 g/mol. The van der Waals surface area contributed by atoms with E-state index in [2.05, 4.69) is 139 Å². The van der Waals surface area contributed by atoms with Crippen LogP contribution >= 0.6 is 0 Å². The Hall–Kier alpha value is -14.3. The van der Waals surface area contributed by atoms with Gasteiger partial charge in [-0.3, -0.25) is 37.4 Å². The average Bonchev–Trinajstić information content (AvgIpc) is 1.60. The average molecular weight is 2000 g/mol. The number of aliphatic hydroxyl groups excluding tert-OH is 3. The Morgan fingerprint density at radius 2 is 0.641 bits per heavy atom. The molecule has 11 N–H and O–H groups in total. The molecule has 21 rings (SSSR count). The van der Waals surface area contributed by atoms with Crippen molar-refractivity contribution in [2.75, 3.05) is 272 Å². The molecular weight excluding hydrogens is 1870 g/mol. The zero-order valence-electron chi connectivity index (χ0n) is 83.6. The van der Waals surface area contributed by atoms with Gasteiger partial charge in [0.1, 0.15) is 18.8 Å². The number of aromatic nitrogens is 24. The summed E-state index contributed by atoms with van der Waals surface area (Å²) in [6.45, 7) is 40.4. The fraction of sp³-hybridized carbons (Fsp3) is 0.574. The summed E-state index contributed by atoms with van der Waals surface area (Å²) in [5, 5.41) is 28.8. The molecule has 1 saturated carbocycles. The highest BCUT2D eigenvalue weighted by atomic mass is 16.5. The van der Waals surface area contributed by atoms with E-state index in [4.69, 9.17) is 102 Å². The topological polar surface area (TPSA) is 586 Å². The minimum Gasteiger partial charge on any atom is -0.387 e. The Bertz CT molecular complexity index is 6470. The lowest BCUT2D eigenvalue weighted by molar-refractivity contribution is -0.141. The summed E-state index contributed by atoms with van der Waals surface area (Å²) in [6, 6.07) is -0.0627. The first-order chi connectivity index (χ1) is 70.2. The quantitative estimate of drug-likeness (QED) is 0.0422. The maximum Gasteiger partial charge on any atom is 0.251 e. The normalized spacial score (nSPS) is 18.2. The number of aliphatic hydroxyl groups is 3. The molecule has 8 aliphatic heterocycles. The number of piperazine rings is 4. The second-order valence-corrected chi connectivity index (χ2v) is 38.7. The Morgan fingerprint density at radius 3 is 0.917 bits per heavy atom. The number of amides is 4. The van der Waals surface area contributed by atoms with E-state index < -0.39 is 18.8 Å². The van der Waals surface area contributed by atoms with E-state index in [1.54, 1.807) is 69.2 Å². The number of ether oxygens (including phenoxy) is 4. The maximum absolute atomic E-state index is 12.5. The number of hydrogen-bond donors (Lipinski definition) is 7. The van der Waals surface area contributed by atoms with Gasteiger partial charge in [0.05, 0.1) is 75.1 Å². The molecule has 8 saturated heterocycles. The van der Waals surface area contributed by atoms with E-state index in [1.807, 2.05) is 6.92 Å². The summed E-state index contributed by atoms with van der Waals surface area (Å²) in [6.07, 6.45) is 14.4. The fourth-order valence-corrected chi connectivity index (χ4v) is 18.9. The standard InChI is InChI=1S/C25H34N10O3.C24H34N10O3.C23H32N10O3.C22H30N10O2/c1-15-13-33(5-6-34(15)23(37)16(2)36)25-29-19-21(32-7-9-38-10-8-32)30-20(18-11-27-24(26)28-12-18)31-22(19)35(25)14-17-3-4-17;1-15(2)14-34-21-18(28-24(34)33-6-4-32(5-7-33)22(36)16(3)35)20(31-8-10-37-11-9-31)29-19(30-21)17-12-26-23(25)27-13-17;1-15(2)13-33-21-18(27-23(33)32-5-3-30(4-6-32)17(35)14-34)20(31-7-9-36-10-8-31)28-19(29-21)16-11-25-22(24)26-12-16;1-15(2)13-32-20-17(26-22(32)31-5-3-29(14-33)4-6-31)19(30-7-9-34-10-8-30)27-18(28-20)16-11-24-21(23)25-12-16/h11-12,15-17,36H,3-10,13-14H2,1-2H3,(H2,26,27,28);12-13,15-16,35H,4-11,14H2,1-3H3,(H2,25,26,27);11-12,15,34H,3-10,13-14H2,1-2H3,(H2,24,25,26);11-12,14-15H,3-10,13H2,1-2H3,(H2,23,24,25)/t15-,16-;16-;;/m01../s1. The summed E-state index contributed by atoms with van der Waals surface area (Å²) < 4.78 is 31.0. The summed E-state index contributed by atoms with van der Waals surface area (Å²) >= 11 is 0. The highest BCUT2D eigenvalue weighted by Gasteiger charge is 2.39. The van der Waals surface area contributed by atoms with Crippen LogP contribution in [0, 0.1) is 23.7 Å². The lowest BCUT2D eigenvalue weighted by Gasteiger charge is -2.40. The molecule has 0 spiro atoms. The maximum atomic E-state index is 12.5. The molecule has 9 fully saturated rings. The van der Waals surface area contributed by atoms with Crippen molar-refractivity contribution in [3.63, 3.8) is 0 Å². The third-order valence-electron chi connectivity index (χ3n) is 26.5. The van der Waals surface area contributed by atoms with Gasteiger partial charge in [-0.05, 0) is 57.3 Å². The third-order valence-corrected chi connectivity index (χ3v) is 26.5. The Balaban J connectivity index is 0.000000127. The van der Waals surface area contributed by atoms with Crippen molar-refractivity contribution in [3.8, 4) is 45.6 Å². The smallest absolute Gasteiger partial charge is 0.251 e. The number of morpholine rings is 4. The van der Waals surface area contributed by atoms with Crippen LogP contribution in [0.1, 0.15) is 75.2 Å². The minimum atomic E-state index is -1.01. The van der Waals surface area contributed by atoms with E-state index >= 15 is 0 Å². The first kappa shape index (κ1) is 101. The number of carbonyl (C=O) groups is 4. The number of nitrogen functional groups attached to an aromatic ring is 4. The summed E-state index contributed by atoms with van der Waals surface area (Å²) in [5.41, 5.74) is 31.6. The molecule has 9 aliphatic rings. The van der Waals surface area contributed by atoms with Crippen LogP contribution in [-0.4, -0.2) is 405 Å². The number of rotatable bonds is 24. The number of nitrogens with two attached hydrogens (primary N) is 4. The van der Waals surface area contributed by atoms with Gasteiger partial charge in [0.25, 0.3) is 11.8 Å². The Labute approximate surface area is 837 Å². The SMILES string of the molecule is CC(C)Cn1c(N2CCN(C(=O)CO)CC2)nc2c(N3CCOCC3)nc(-c3cnc(N)nc3)nc21.CC(C)Cn1c(N2CCN(C(=O)[C@@H](C)O)CC2)nc2c(N3CCOCC3)nc(-c3cnc(N)nc3)nc21.CC(C)Cn1c(N2CCN(C=O)CC2)nc2c(N3CCOCC3)nc(-c3cnc(N)nc3)nc21.C[C@H](O)C(=O)N1CCN(c2nc3c(N4CCOCC4)nc(-c4cnc(N)nc4)nc3n2CC2CC2)C[C@@H]1C. The van der Waals surface area contributed by atoms with Gasteiger partial charge in [0.15, 0.2) is 91.2 Å². The van der Waals surface area contributed by atoms with Crippen molar-refractivity contribution < 1.29 is 53.4 Å². The van der Waals surface area contributed by atoms with Crippen LogP contribution in [0.3, 0.4) is 0 Å². The summed E-state index contributed by atoms with van der Waals surface area (Å²) in [7, 11) is 0. The van der Waals surface area contributed by atoms with Gasteiger partial charge >= 0.3 is 0 Å². The Kier molecular flexibility index (Phi) is 31.2. The molecule has 51 nitrogen and oxygen atoms in total. The Morgan fingerprint density at radius 1 is 0.359 bits per heavy atom. The lowest BCUT2D eigenvalue weighted by Crippen LogP contribution is -2.56. The van der Waals surface area contributed by atoms with Crippen LogP contribution in [0.2, 0.25) is 0 Å². The van der Waals surface area contributed by atoms with E-state index in [9.17, 15) is 34.5 Å². The van der Waals surface area contributed by atoms with Gasteiger partial charge in [-0.2, -0.15) is 0 Å². The molecule has 3 atom stereocenters. The van der Waals surface area contributed by atoms with Crippen molar-refractivity contribution in [2.24, 2.45) is 23.7 Å². The first-order valence-corrected chi connectivity index (χ1v) is 50.0. The van der Waals surface area contributed by atoms with Gasteiger partial charge in [-0.15, -0.1) is 0 Å². The molecule has 4 amide bonds. The molecule has 12 aromatic rings. The van der Waals surface area contributed by atoms with Crippen molar-refractivity contribution in [1.82, 2.24) is 138 Å². The van der Waals surface area contributed by atoms with E-state index in [0.29, 0.717) is 246 Å². The number of imidazole rings is 4. The third kappa shape index (κ3) is 22.9. The van der Waals surface area contributed by atoms with Crippen molar-refractivity contribution in [3.05, 3.63) is 49.6 Å². The number of nitrogens with zero attached hydrogens (tertiary/aromatic N) is 36. The molecule has 51 heteroatoms. The van der Waals surface area contributed by atoms with Crippen LogP contribution in [0.4, 0.5) is 70.9 Å². The molecule has 20 heterocycles. The predicted molar refractivity (Wildman–Crippen MR) is 544 cm³/mol. The van der Waals surface area contributed by atoms with Crippen LogP contribution in [-0.2, 0) is 64.3 Å². The number of carbonyl (C=O) groups excluding carboxylic acids is 4. The number of fused-ring (bicyclic) bond motifs is 4. The van der Waals surface area contributed by atoms with Gasteiger partial charge in [0, 0.05) is 232 Å². The molecule has 0 aromatic carbocycles. The molecule has 0 unspecified atom stereocenters. The van der Waals surface area contributed by atoms with E-state index in [1.165, 1.54) is 26.7 Å². The van der Waals surface area contributed by atoms with Crippen LogP contribution in [0.15, 0.2) is 49.6 Å². The molecule has 1 aliphatic carbocycles. The minimum absolute atomic E-state index is 0.0627. The largest absolute Gasteiger partial charge is 0.387 e.